The van der Waals surface area contributed by atoms with Crippen molar-refractivity contribution in [1.29, 1.82) is 0 Å². The summed E-state index contributed by atoms with van der Waals surface area (Å²) in [7, 11) is 0. The molecule has 35 heavy (non-hydrogen) atoms. The molecule has 3 amide bonds. The Labute approximate surface area is 203 Å². The fourth-order valence-electron chi connectivity index (χ4n) is 5.73. The van der Waals surface area contributed by atoms with E-state index in [1.54, 1.807) is 33.7 Å². The van der Waals surface area contributed by atoms with Gasteiger partial charge < -0.3 is 25.2 Å². The molecule has 4 atom stereocenters. The number of nitrogens with one attached hydrogen (secondary N) is 2. The third kappa shape index (κ3) is 4.01. The number of rotatable bonds is 6. The standard InChI is InChI=1S/C26H31FN4O4/c1-2-11-28-26(35)31-21-13-30-20(10-9-18(25(30)34)15-5-3-6-16(27)12-15)23(31)22(19(21)14-32)24(33)29-17-7-4-8-17/h3,5-6,9-10,12,17,19,21-23,32H,2,4,7-8,11,13-14H2,1H3,(H,28,35)(H,29,33)/t19-,21-,22+,23+/m0/s1. The summed E-state index contributed by atoms with van der Waals surface area (Å²) in [5.74, 6) is -1.81. The molecule has 2 aliphatic heterocycles. The maximum atomic E-state index is 13.8. The summed E-state index contributed by atoms with van der Waals surface area (Å²) in [4.78, 5) is 41.9. The lowest BCUT2D eigenvalue weighted by atomic mass is 9.85. The zero-order valence-electron chi connectivity index (χ0n) is 19.7. The molecule has 1 aliphatic carbocycles. The number of fused-ring (bicyclic) bond motifs is 4. The van der Waals surface area contributed by atoms with Gasteiger partial charge in [-0.1, -0.05) is 19.1 Å². The molecule has 0 radical (unpaired) electrons. The van der Waals surface area contributed by atoms with Gasteiger partial charge in [0.15, 0.2) is 0 Å². The van der Waals surface area contributed by atoms with E-state index in [1.165, 1.54) is 12.1 Å². The number of aliphatic hydroxyl groups is 1. The lowest BCUT2D eigenvalue weighted by Gasteiger charge is -2.38. The van der Waals surface area contributed by atoms with Gasteiger partial charge in [-0.2, -0.15) is 0 Å². The van der Waals surface area contributed by atoms with Crippen LogP contribution in [0.25, 0.3) is 11.1 Å². The van der Waals surface area contributed by atoms with E-state index in [0.29, 0.717) is 23.4 Å². The number of halogens is 1. The molecular formula is C26H31FN4O4. The lowest BCUT2D eigenvalue weighted by molar-refractivity contribution is -0.128. The van der Waals surface area contributed by atoms with E-state index in [0.717, 1.165) is 25.7 Å². The van der Waals surface area contributed by atoms with Crippen molar-refractivity contribution < 1.29 is 19.1 Å². The highest BCUT2D eigenvalue weighted by Gasteiger charge is 2.57. The number of nitrogens with zero attached hydrogens (tertiary/aromatic N) is 2. The molecule has 1 aromatic heterocycles. The van der Waals surface area contributed by atoms with E-state index >= 15 is 0 Å². The van der Waals surface area contributed by atoms with Crippen LogP contribution in [0.5, 0.6) is 0 Å². The fraction of sp³-hybridized carbons (Fsp3) is 0.500. The molecule has 0 unspecified atom stereocenters. The Hall–Kier alpha value is -3.20. The first kappa shape index (κ1) is 23.5. The minimum Gasteiger partial charge on any atom is -0.396 e. The summed E-state index contributed by atoms with van der Waals surface area (Å²) >= 11 is 0. The summed E-state index contributed by atoms with van der Waals surface area (Å²) in [5, 5.41) is 16.4. The lowest BCUT2D eigenvalue weighted by Crippen LogP contribution is -2.52. The number of benzene rings is 1. The van der Waals surface area contributed by atoms with Gasteiger partial charge in [0.2, 0.25) is 5.91 Å². The Balaban J connectivity index is 1.59. The molecule has 9 heteroatoms. The molecule has 1 saturated heterocycles. The number of amides is 3. The summed E-state index contributed by atoms with van der Waals surface area (Å²) in [6, 6.07) is 7.88. The molecule has 2 fully saturated rings. The van der Waals surface area contributed by atoms with Crippen LogP contribution < -0.4 is 16.2 Å². The van der Waals surface area contributed by atoms with E-state index in [2.05, 4.69) is 10.6 Å². The van der Waals surface area contributed by atoms with Crippen LogP contribution in [0.2, 0.25) is 0 Å². The minimum atomic E-state index is -0.683. The van der Waals surface area contributed by atoms with E-state index in [9.17, 15) is 23.9 Å². The number of carbonyl (C=O) groups is 2. The summed E-state index contributed by atoms with van der Waals surface area (Å²) in [6.45, 7) is 2.33. The number of hydrogen-bond donors (Lipinski definition) is 3. The first-order chi connectivity index (χ1) is 16.9. The van der Waals surface area contributed by atoms with Gasteiger partial charge in [-0.25, -0.2) is 9.18 Å². The molecule has 186 valence electrons. The van der Waals surface area contributed by atoms with Crippen LogP contribution >= 0.6 is 0 Å². The van der Waals surface area contributed by atoms with Crippen LogP contribution in [0.15, 0.2) is 41.2 Å². The molecule has 0 spiro atoms. The third-order valence-electron chi connectivity index (χ3n) is 7.69. The van der Waals surface area contributed by atoms with E-state index in [4.69, 9.17) is 0 Å². The Morgan fingerprint density at radius 3 is 2.66 bits per heavy atom. The molecular weight excluding hydrogens is 451 g/mol. The molecule has 8 nitrogen and oxygen atoms in total. The number of hydrogen-bond acceptors (Lipinski definition) is 4. The summed E-state index contributed by atoms with van der Waals surface area (Å²) in [6.07, 6.45) is 3.67. The maximum absolute atomic E-state index is 13.8. The fourth-order valence-corrected chi connectivity index (χ4v) is 5.73. The van der Waals surface area contributed by atoms with Gasteiger partial charge in [0.05, 0.1) is 18.0 Å². The van der Waals surface area contributed by atoms with E-state index in [-0.39, 0.29) is 36.7 Å². The van der Waals surface area contributed by atoms with Crippen molar-refractivity contribution >= 4 is 11.9 Å². The predicted octanol–water partition coefficient (Wildman–Crippen LogP) is 2.41. The highest BCUT2D eigenvalue weighted by Crippen LogP contribution is 2.48. The minimum absolute atomic E-state index is 0.113. The van der Waals surface area contributed by atoms with Crippen LogP contribution in [0.1, 0.15) is 44.3 Å². The van der Waals surface area contributed by atoms with Gasteiger partial charge in [-0.15, -0.1) is 0 Å². The zero-order chi connectivity index (χ0) is 24.7. The Kier molecular flexibility index (Phi) is 6.35. The van der Waals surface area contributed by atoms with E-state index < -0.39 is 29.7 Å². The largest absolute Gasteiger partial charge is 0.396 e. The molecule has 1 aromatic carbocycles. The second kappa shape index (κ2) is 9.45. The van der Waals surface area contributed by atoms with Gasteiger partial charge in [-0.05, 0) is 55.5 Å². The maximum Gasteiger partial charge on any atom is 0.318 e. The van der Waals surface area contributed by atoms with Crippen LogP contribution in [-0.4, -0.2) is 51.7 Å². The first-order valence-corrected chi connectivity index (χ1v) is 12.4. The number of urea groups is 1. The first-order valence-electron chi connectivity index (χ1n) is 12.4. The van der Waals surface area contributed by atoms with Crippen LogP contribution in [0.3, 0.4) is 0 Å². The van der Waals surface area contributed by atoms with Gasteiger partial charge in [0, 0.05) is 42.9 Å². The topological polar surface area (TPSA) is 104 Å². The van der Waals surface area contributed by atoms with Crippen molar-refractivity contribution in [2.75, 3.05) is 13.2 Å². The van der Waals surface area contributed by atoms with Gasteiger partial charge in [0.1, 0.15) is 5.82 Å². The zero-order valence-corrected chi connectivity index (χ0v) is 19.7. The third-order valence-corrected chi connectivity index (χ3v) is 7.69. The van der Waals surface area contributed by atoms with Crippen molar-refractivity contribution in [3.05, 3.63) is 58.3 Å². The van der Waals surface area contributed by atoms with Crippen molar-refractivity contribution in [2.45, 2.75) is 57.3 Å². The Morgan fingerprint density at radius 1 is 1.20 bits per heavy atom. The van der Waals surface area contributed by atoms with Crippen LogP contribution in [0, 0.1) is 17.7 Å². The second-order valence-corrected chi connectivity index (χ2v) is 9.76. The number of carbonyl (C=O) groups excluding carboxylic acids is 2. The second-order valence-electron chi connectivity index (χ2n) is 9.76. The number of aromatic nitrogens is 1. The van der Waals surface area contributed by atoms with Crippen molar-refractivity contribution in [2.24, 2.45) is 11.8 Å². The van der Waals surface area contributed by atoms with Gasteiger partial charge >= 0.3 is 6.03 Å². The molecule has 3 aliphatic rings. The SMILES string of the molecule is CCCNC(=O)N1[C@@H]2c3ccc(-c4cccc(F)c4)c(=O)n3C[C@H]1[C@H](CO)[C@H]2C(=O)NC1CCC1. The average Bonchev–Trinajstić information content (AvgIpc) is 3.07. The van der Waals surface area contributed by atoms with Crippen LogP contribution in [-0.2, 0) is 11.3 Å². The molecule has 5 rings (SSSR count). The van der Waals surface area contributed by atoms with Crippen molar-refractivity contribution in [3.8, 4) is 11.1 Å². The Morgan fingerprint density at radius 2 is 2.00 bits per heavy atom. The van der Waals surface area contributed by atoms with Crippen molar-refractivity contribution in [1.82, 2.24) is 20.1 Å². The molecule has 2 bridgehead atoms. The van der Waals surface area contributed by atoms with Gasteiger partial charge in [-0.3, -0.25) is 9.59 Å². The smallest absolute Gasteiger partial charge is 0.318 e. The summed E-state index contributed by atoms with van der Waals surface area (Å²) < 4.78 is 15.4. The van der Waals surface area contributed by atoms with Crippen LogP contribution in [0.4, 0.5) is 9.18 Å². The van der Waals surface area contributed by atoms with Crippen molar-refractivity contribution in [3.63, 3.8) is 0 Å². The summed E-state index contributed by atoms with van der Waals surface area (Å²) in [5.41, 5.74) is 1.09. The Bertz CT molecular complexity index is 1190. The molecule has 3 N–H and O–H groups in total. The highest BCUT2D eigenvalue weighted by molar-refractivity contribution is 5.84. The predicted molar refractivity (Wildman–Crippen MR) is 128 cm³/mol. The normalized spacial score (nSPS) is 25.1. The van der Waals surface area contributed by atoms with Gasteiger partial charge in [0.25, 0.3) is 5.56 Å². The molecule has 2 aromatic rings. The average molecular weight is 483 g/mol. The molecule has 3 heterocycles. The monoisotopic (exact) mass is 482 g/mol. The molecule has 1 saturated carbocycles. The highest BCUT2D eigenvalue weighted by atomic mass is 19.1. The number of pyridine rings is 1. The quantitative estimate of drug-likeness (QED) is 0.588. The number of aliphatic hydroxyl groups excluding tert-OH is 1. The van der Waals surface area contributed by atoms with E-state index in [1.807, 2.05) is 6.92 Å².